The molecule has 1 aliphatic rings. The van der Waals surface area contributed by atoms with Crippen molar-refractivity contribution in [2.45, 2.75) is 0 Å². The van der Waals surface area contributed by atoms with Gasteiger partial charge in [-0.15, -0.1) is 0 Å². The molecule has 0 aromatic rings. The van der Waals surface area contributed by atoms with Crippen molar-refractivity contribution < 1.29 is 59.4 Å². The van der Waals surface area contributed by atoms with E-state index in [2.05, 4.69) is 0 Å². The molecule has 0 spiro atoms. The first-order valence-corrected chi connectivity index (χ1v) is 6.30. The van der Waals surface area contributed by atoms with Crippen molar-refractivity contribution in [3.05, 3.63) is 0 Å². The average Bonchev–Trinajstić information content (AvgIpc) is 2.42. The van der Waals surface area contributed by atoms with Gasteiger partial charge in [-0.25, -0.2) is 0 Å². The van der Waals surface area contributed by atoms with Crippen LogP contribution in [0.15, 0.2) is 0 Å². The number of hydrogen-bond acceptors (Lipinski definition) is 6. The summed E-state index contributed by atoms with van der Waals surface area (Å²) in [6, 6.07) is 0. The molecule has 0 aromatic carbocycles. The van der Waals surface area contributed by atoms with Crippen LogP contribution < -0.4 is 0 Å². The van der Waals surface area contributed by atoms with Crippen molar-refractivity contribution >= 4 is 124 Å². The monoisotopic (exact) mass is 420 g/mol. The molecule has 15 heteroatoms. The first-order valence-electron chi connectivity index (χ1n) is 6.30. The predicted octanol–water partition coefficient (Wildman–Crippen LogP) is -3.74. The SMILES string of the molecule is O=C(O)C1C(C(=O)O)C(C(=O)O)C(C(=O)O)C(C(=O)O)C1C(=O)O.[NaH].[NaH].[NaH]. The van der Waals surface area contributed by atoms with E-state index in [1.807, 2.05) is 0 Å². The Kier molecular flexibility index (Phi) is 14.5. The summed E-state index contributed by atoms with van der Waals surface area (Å²) in [5, 5.41) is 54.8. The van der Waals surface area contributed by atoms with Crippen molar-refractivity contribution in [1.29, 1.82) is 0 Å². The third-order valence-electron chi connectivity index (χ3n) is 4.03. The Morgan fingerprint density at radius 3 is 0.444 bits per heavy atom. The van der Waals surface area contributed by atoms with Gasteiger partial charge in [0.1, 0.15) is 0 Å². The number of rotatable bonds is 6. The Hall–Kier alpha value is -0.180. The molecule has 0 radical (unpaired) electrons. The Bertz CT molecular complexity index is 484. The predicted molar refractivity (Wildman–Crippen MR) is 88.2 cm³/mol. The summed E-state index contributed by atoms with van der Waals surface area (Å²) < 4.78 is 0. The van der Waals surface area contributed by atoms with Crippen LogP contribution in [0.25, 0.3) is 0 Å². The molecule has 138 valence electrons. The fourth-order valence-corrected chi connectivity index (χ4v) is 3.18. The molecule has 12 nitrogen and oxygen atoms in total. The van der Waals surface area contributed by atoms with Gasteiger partial charge in [0.15, 0.2) is 0 Å². The van der Waals surface area contributed by atoms with Crippen LogP contribution in [0.1, 0.15) is 0 Å². The van der Waals surface area contributed by atoms with Crippen LogP contribution in [-0.2, 0) is 28.8 Å². The van der Waals surface area contributed by atoms with Crippen molar-refractivity contribution in [1.82, 2.24) is 0 Å². The fraction of sp³-hybridized carbons (Fsp3) is 0.500. The van der Waals surface area contributed by atoms with Crippen LogP contribution >= 0.6 is 0 Å². The summed E-state index contributed by atoms with van der Waals surface area (Å²) >= 11 is 0. The van der Waals surface area contributed by atoms with Crippen molar-refractivity contribution in [3.63, 3.8) is 0 Å². The van der Waals surface area contributed by atoms with E-state index in [1.54, 1.807) is 0 Å². The van der Waals surface area contributed by atoms with Gasteiger partial charge in [-0.2, -0.15) is 0 Å². The van der Waals surface area contributed by atoms with Gasteiger partial charge in [0.25, 0.3) is 0 Å². The molecule has 1 fully saturated rings. The molecule has 1 saturated carbocycles. The van der Waals surface area contributed by atoms with Crippen molar-refractivity contribution in [2.75, 3.05) is 0 Å². The van der Waals surface area contributed by atoms with Crippen LogP contribution in [0, 0.1) is 35.5 Å². The Labute approximate surface area is 217 Å². The van der Waals surface area contributed by atoms with E-state index >= 15 is 0 Å². The topological polar surface area (TPSA) is 224 Å². The molecule has 0 amide bonds. The van der Waals surface area contributed by atoms with Gasteiger partial charge in [-0.1, -0.05) is 0 Å². The summed E-state index contributed by atoms with van der Waals surface area (Å²) in [5.74, 6) is -26.9. The number of carbonyl (C=O) groups is 6. The molecule has 0 saturated heterocycles. The third kappa shape index (κ3) is 6.41. The van der Waals surface area contributed by atoms with Gasteiger partial charge >= 0.3 is 124 Å². The van der Waals surface area contributed by atoms with E-state index in [0.717, 1.165) is 0 Å². The normalized spacial score (nSPS) is 28.9. The van der Waals surface area contributed by atoms with Gasteiger partial charge in [0.2, 0.25) is 0 Å². The van der Waals surface area contributed by atoms with Crippen LogP contribution in [0.3, 0.4) is 0 Å². The summed E-state index contributed by atoms with van der Waals surface area (Å²) in [6.45, 7) is 0. The van der Waals surface area contributed by atoms with E-state index in [0.29, 0.717) is 0 Å². The van der Waals surface area contributed by atoms with E-state index < -0.39 is 71.3 Å². The molecule has 27 heavy (non-hydrogen) atoms. The van der Waals surface area contributed by atoms with Gasteiger partial charge in [-0.3, -0.25) is 28.8 Å². The summed E-state index contributed by atoms with van der Waals surface area (Å²) in [7, 11) is 0. The molecule has 0 bridgehead atoms. The van der Waals surface area contributed by atoms with Gasteiger partial charge in [-0.05, 0) is 0 Å². The minimum atomic E-state index is -2.43. The summed E-state index contributed by atoms with van der Waals surface area (Å²) in [6.07, 6.45) is 0. The maximum atomic E-state index is 11.3. The molecule has 1 rings (SSSR count). The van der Waals surface area contributed by atoms with Crippen LogP contribution in [0.5, 0.6) is 0 Å². The summed E-state index contributed by atoms with van der Waals surface area (Å²) in [5.41, 5.74) is 0. The number of aliphatic carboxylic acids is 6. The quantitative estimate of drug-likeness (QED) is 0.228. The number of hydrogen-bond donors (Lipinski definition) is 6. The molecule has 1 aliphatic carbocycles. The number of carboxylic acid groups (broad SMARTS) is 6. The molecule has 6 N–H and O–H groups in total. The average molecular weight is 420 g/mol. The first kappa shape index (κ1) is 31.5. The fourth-order valence-electron chi connectivity index (χ4n) is 3.18. The Morgan fingerprint density at radius 1 is 0.333 bits per heavy atom. The molecule has 0 aliphatic heterocycles. The molecular formula is C12H15Na3O12. The maximum absolute atomic E-state index is 11.3. The Morgan fingerprint density at radius 2 is 0.407 bits per heavy atom. The second kappa shape index (κ2) is 12.4. The Balaban J connectivity index is -0.00000192. The first-order chi connectivity index (χ1) is 10.9. The van der Waals surface area contributed by atoms with Gasteiger partial charge in [0, 0.05) is 0 Å². The molecule has 0 unspecified atom stereocenters. The zero-order valence-electron chi connectivity index (χ0n) is 11.6. The van der Waals surface area contributed by atoms with Crippen LogP contribution in [0.4, 0.5) is 0 Å². The molecule has 0 heterocycles. The third-order valence-corrected chi connectivity index (χ3v) is 4.03. The zero-order chi connectivity index (χ0) is 18.9. The van der Waals surface area contributed by atoms with E-state index in [9.17, 15) is 28.8 Å². The van der Waals surface area contributed by atoms with E-state index in [4.69, 9.17) is 30.6 Å². The van der Waals surface area contributed by atoms with Crippen molar-refractivity contribution in [3.8, 4) is 0 Å². The zero-order valence-corrected chi connectivity index (χ0v) is 11.6. The van der Waals surface area contributed by atoms with Gasteiger partial charge in [0.05, 0.1) is 35.5 Å². The minimum absolute atomic E-state index is 0. The van der Waals surface area contributed by atoms with Gasteiger partial charge < -0.3 is 30.6 Å². The molecule has 0 aromatic heterocycles. The summed E-state index contributed by atoms with van der Waals surface area (Å²) in [4.78, 5) is 68.0. The second-order valence-electron chi connectivity index (χ2n) is 5.18. The van der Waals surface area contributed by atoms with Crippen LogP contribution in [-0.4, -0.2) is 155 Å². The molecule has 0 atom stereocenters. The molecular weight excluding hydrogens is 405 g/mol. The van der Waals surface area contributed by atoms with Crippen molar-refractivity contribution in [2.24, 2.45) is 35.5 Å². The standard InChI is InChI=1S/C12H12O12.3Na.3H/c13-7(14)1-2(8(15)16)4(10(19)20)6(12(23)24)5(11(21)22)3(1)9(17)18;;;;;;/h1-6H,(H,13,14)(H,15,16)(H,17,18)(H,19,20)(H,21,22)(H,23,24);;;;;;. The van der Waals surface area contributed by atoms with Crippen LogP contribution in [0.2, 0.25) is 0 Å². The van der Waals surface area contributed by atoms with E-state index in [1.165, 1.54) is 0 Å². The number of carboxylic acids is 6. The van der Waals surface area contributed by atoms with E-state index in [-0.39, 0.29) is 88.7 Å². The second-order valence-corrected chi connectivity index (χ2v) is 5.18.